The van der Waals surface area contributed by atoms with Crippen LogP contribution in [0, 0.1) is 0 Å². The Bertz CT molecular complexity index is 57.9. The zero-order valence-corrected chi connectivity index (χ0v) is 6.36. The van der Waals surface area contributed by atoms with Gasteiger partial charge >= 0.3 is 0 Å². The Hall–Kier alpha value is 0.350. The summed E-state index contributed by atoms with van der Waals surface area (Å²) in [4.78, 5) is 17.6. The summed E-state index contributed by atoms with van der Waals surface area (Å²) in [5, 5.41) is 0. The lowest BCUT2D eigenvalue weighted by molar-refractivity contribution is 0.455. The molecule has 2 nitrogen and oxygen atoms in total. The minimum atomic E-state index is -2.43. The largest absolute Gasteiger partial charge is 0.264 e. The molecular formula is C5H14O2P+. The predicted molar refractivity (Wildman–Crippen MR) is 37.1 cm³/mol. The average Bonchev–Trinajstić information content (AvgIpc) is 1.59. The number of rotatable bonds is 3. The van der Waals surface area contributed by atoms with Crippen molar-refractivity contribution in [3.8, 4) is 0 Å². The van der Waals surface area contributed by atoms with E-state index in [9.17, 15) is 0 Å². The molecule has 0 fully saturated rings. The molecule has 0 atom stereocenters. The third-order valence-electron chi connectivity index (χ3n) is 0.935. The van der Waals surface area contributed by atoms with Crippen molar-refractivity contribution in [1.82, 2.24) is 0 Å². The highest BCUT2D eigenvalue weighted by molar-refractivity contribution is 7.63. The first-order chi connectivity index (χ1) is 3.56. The van der Waals surface area contributed by atoms with Crippen molar-refractivity contribution in [2.75, 3.05) is 12.8 Å². The van der Waals surface area contributed by atoms with Crippen LogP contribution in [0.3, 0.4) is 0 Å². The summed E-state index contributed by atoms with van der Waals surface area (Å²) in [6, 6.07) is 0. The van der Waals surface area contributed by atoms with E-state index in [2.05, 4.69) is 0 Å². The van der Waals surface area contributed by atoms with Crippen LogP contribution in [0.1, 0.15) is 19.8 Å². The smallest absolute Gasteiger partial charge is 0.221 e. The van der Waals surface area contributed by atoms with E-state index in [1.54, 1.807) is 0 Å². The maximum atomic E-state index is 8.82. The van der Waals surface area contributed by atoms with E-state index < -0.39 is 7.72 Å². The van der Waals surface area contributed by atoms with E-state index in [0.717, 1.165) is 12.8 Å². The first-order valence-corrected chi connectivity index (χ1v) is 5.20. The highest BCUT2D eigenvalue weighted by Crippen LogP contribution is 2.45. The summed E-state index contributed by atoms with van der Waals surface area (Å²) < 4.78 is 0. The van der Waals surface area contributed by atoms with Crippen molar-refractivity contribution >= 4 is 7.72 Å². The summed E-state index contributed by atoms with van der Waals surface area (Å²) in [5.74, 6) is 0. The molecule has 0 aromatic carbocycles. The van der Waals surface area contributed by atoms with Crippen molar-refractivity contribution in [2.24, 2.45) is 0 Å². The van der Waals surface area contributed by atoms with Crippen LogP contribution in [-0.2, 0) is 0 Å². The molecule has 2 N–H and O–H groups in total. The Morgan fingerprint density at radius 1 is 1.38 bits per heavy atom. The molecule has 50 valence electrons. The molecule has 3 heteroatoms. The van der Waals surface area contributed by atoms with E-state index >= 15 is 0 Å². The number of hydrogen-bond acceptors (Lipinski definition) is 2. The van der Waals surface area contributed by atoms with Crippen molar-refractivity contribution in [1.29, 1.82) is 0 Å². The van der Waals surface area contributed by atoms with E-state index in [1.807, 2.05) is 6.92 Å². The van der Waals surface area contributed by atoms with E-state index in [1.165, 1.54) is 6.66 Å². The molecule has 0 saturated heterocycles. The Morgan fingerprint density at radius 3 is 2.00 bits per heavy atom. The van der Waals surface area contributed by atoms with Crippen LogP contribution in [0.5, 0.6) is 0 Å². The Labute approximate surface area is 51.0 Å². The topological polar surface area (TPSA) is 40.5 Å². The fraction of sp³-hybridized carbons (Fsp3) is 1.00. The van der Waals surface area contributed by atoms with Gasteiger partial charge in [0.05, 0.1) is 0 Å². The molecule has 0 spiro atoms. The monoisotopic (exact) mass is 137 g/mol. The van der Waals surface area contributed by atoms with Crippen LogP contribution in [0.2, 0.25) is 0 Å². The Kier molecular flexibility index (Phi) is 3.54. The van der Waals surface area contributed by atoms with Gasteiger partial charge in [-0.3, -0.25) is 0 Å². The fourth-order valence-electron chi connectivity index (χ4n) is 0.458. The molecule has 0 heterocycles. The Balaban J connectivity index is 3.11. The zero-order valence-electron chi connectivity index (χ0n) is 5.46. The summed E-state index contributed by atoms with van der Waals surface area (Å²) >= 11 is 0. The van der Waals surface area contributed by atoms with Crippen LogP contribution in [0.25, 0.3) is 0 Å². The molecular weight excluding hydrogens is 123 g/mol. The maximum absolute atomic E-state index is 8.82. The quantitative estimate of drug-likeness (QED) is 0.574. The predicted octanol–water partition coefficient (Wildman–Crippen LogP) is 1.25. The van der Waals surface area contributed by atoms with Gasteiger partial charge in [-0.2, -0.15) is 0 Å². The molecule has 0 aliphatic rings. The van der Waals surface area contributed by atoms with Crippen molar-refractivity contribution in [3.05, 3.63) is 0 Å². The second-order valence-electron chi connectivity index (χ2n) is 2.17. The van der Waals surface area contributed by atoms with Gasteiger partial charge in [0, 0.05) is 0 Å². The first kappa shape index (κ1) is 8.35. The standard InChI is InChI=1S/C5H14O2P/c1-3-4-5-8(2,6)7/h6-7H,3-5H2,1-2H3/q+1. The molecule has 8 heavy (non-hydrogen) atoms. The molecule has 0 amide bonds. The lowest BCUT2D eigenvalue weighted by Gasteiger charge is -2.03. The van der Waals surface area contributed by atoms with Gasteiger partial charge in [-0.25, -0.2) is 9.79 Å². The molecule has 0 saturated carbocycles. The minimum Gasteiger partial charge on any atom is -0.221 e. The summed E-state index contributed by atoms with van der Waals surface area (Å²) in [5.41, 5.74) is 0. The van der Waals surface area contributed by atoms with E-state index in [0.29, 0.717) is 6.16 Å². The van der Waals surface area contributed by atoms with Gasteiger partial charge < -0.3 is 0 Å². The van der Waals surface area contributed by atoms with Crippen LogP contribution < -0.4 is 0 Å². The van der Waals surface area contributed by atoms with Gasteiger partial charge in [-0.15, -0.1) is 0 Å². The average molecular weight is 137 g/mol. The maximum Gasteiger partial charge on any atom is 0.264 e. The zero-order chi connectivity index (χ0) is 6.62. The molecule has 0 aromatic rings. The van der Waals surface area contributed by atoms with Gasteiger partial charge in [-0.1, -0.05) is 13.3 Å². The summed E-state index contributed by atoms with van der Waals surface area (Å²) in [6.45, 7) is 3.55. The molecule has 0 bridgehead atoms. The second kappa shape index (κ2) is 3.39. The molecule has 0 unspecified atom stereocenters. The van der Waals surface area contributed by atoms with Crippen molar-refractivity contribution in [2.45, 2.75) is 19.8 Å². The van der Waals surface area contributed by atoms with Gasteiger partial charge in [0.25, 0.3) is 7.72 Å². The SMILES string of the molecule is CCCC[P+](C)(O)O. The highest BCUT2D eigenvalue weighted by atomic mass is 31.2. The van der Waals surface area contributed by atoms with Gasteiger partial charge in [-0.05, 0) is 6.42 Å². The van der Waals surface area contributed by atoms with Crippen LogP contribution in [-0.4, -0.2) is 22.6 Å². The third-order valence-corrected chi connectivity index (χ3v) is 2.10. The fourth-order valence-corrected chi connectivity index (χ4v) is 1.37. The molecule has 0 radical (unpaired) electrons. The Morgan fingerprint density at radius 2 is 1.88 bits per heavy atom. The summed E-state index contributed by atoms with van der Waals surface area (Å²) in [7, 11) is -2.43. The minimum absolute atomic E-state index is 0.587. The van der Waals surface area contributed by atoms with Crippen LogP contribution >= 0.6 is 7.72 Å². The highest BCUT2D eigenvalue weighted by Gasteiger charge is 2.22. The van der Waals surface area contributed by atoms with Gasteiger partial charge in [0.2, 0.25) is 0 Å². The molecule has 0 aliphatic carbocycles. The van der Waals surface area contributed by atoms with E-state index in [4.69, 9.17) is 9.79 Å². The second-order valence-corrected chi connectivity index (χ2v) is 4.79. The van der Waals surface area contributed by atoms with Crippen molar-refractivity contribution < 1.29 is 9.79 Å². The van der Waals surface area contributed by atoms with Crippen LogP contribution in [0.4, 0.5) is 0 Å². The van der Waals surface area contributed by atoms with Crippen LogP contribution in [0.15, 0.2) is 0 Å². The first-order valence-electron chi connectivity index (χ1n) is 2.87. The third kappa shape index (κ3) is 6.35. The lowest BCUT2D eigenvalue weighted by Crippen LogP contribution is -1.92. The number of unbranched alkanes of at least 4 members (excludes halogenated alkanes) is 1. The normalized spacial score (nSPS) is 12.0. The van der Waals surface area contributed by atoms with Crippen molar-refractivity contribution in [3.63, 3.8) is 0 Å². The number of hydrogen-bond donors (Lipinski definition) is 2. The summed E-state index contributed by atoms with van der Waals surface area (Å²) in [6.07, 6.45) is 2.55. The molecule has 0 aliphatic heterocycles. The lowest BCUT2D eigenvalue weighted by atomic mass is 10.4. The molecule has 0 rings (SSSR count). The van der Waals surface area contributed by atoms with E-state index in [-0.39, 0.29) is 0 Å². The van der Waals surface area contributed by atoms with Gasteiger partial charge in [0.1, 0.15) is 12.8 Å². The molecule has 0 aromatic heterocycles. The van der Waals surface area contributed by atoms with Gasteiger partial charge in [0.15, 0.2) is 0 Å².